The number of benzene rings is 1. The van der Waals surface area contributed by atoms with Gasteiger partial charge >= 0.3 is 5.97 Å². The van der Waals surface area contributed by atoms with Crippen LogP contribution in [0.25, 0.3) is 0 Å². The Balaban J connectivity index is 2.62. The van der Waals surface area contributed by atoms with Gasteiger partial charge in [0.2, 0.25) is 0 Å². The highest BCUT2D eigenvalue weighted by molar-refractivity contribution is 5.92. The molecule has 0 spiro atoms. The molecule has 4 nitrogen and oxygen atoms in total. The Kier molecular flexibility index (Phi) is 4.05. The van der Waals surface area contributed by atoms with Crippen LogP contribution >= 0.6 is 0 Å². The van der Waals surface area contributed by atoms with Crippen molar-refractivity contribution in [1.82, 2.24) is 4.90 Å². The van der Waals surface area contributed by atoms with Crippen molar-refractivity contribution in [1.29, 1.82) is 0 Å². The molecular weight excluding hydrogens is 206 g/mol. The first kappa shape index (κ1) is 12.2. The van der Waals surface area contributed by atoms with Crippen LogP contribution < -0.4 is 0 Å². The average Bonchev–Trinajstić information content (AvgIpc) is 2.28. The van der Waals surface area contributed by atoms with E-state index in [9.17, 15) is 9.59 Å². The Hall–Kier alpha value is -1.84. The Bertz CT molecular complexity index is 373. The Morgan fingerprint density at radius 1 is 1.19 bits per heavy atom. The van der Waals surface area contributed by atoms with E-state index in [1.54, 1.807) is 45.3 Å². The fraction of sp³-hybridized carbons (Fsp3) is 0.333. The first-order valence-corrected chi connectivity index (χ1v) is 4.99. The zero-order chi connectivity index (χ0) is 12.1. The summed E-state index contributed by atoms with van der Waals surface area (Å²) in [6.45, 7) is 1.56. The third-order valence-electron chi connectivity index (χ3n) is 2.08. The molecule has 0 aliphatic rings. The molecule has 0 N–H and O–H groups in total. The van der Waals surface area contributed by atoms with Gasteiger partial charge in [-0.05, 0) is 19.1 Å². The average molecular weight is 221 g/mol. The maximum Gasteiger partial charge on any atom is 0.338 e. The minimum absolute atomic E-state index is 0.232. The number of esters is 1. The number of hydrogen-bond donors (Lipinski definition) is 0. The fourth-order valence-corrected chi connectivity index (χ4v) is 1.22. The maximum absolute atomic E-state index is 11.6. The molecule has 16 heavy (non-hydrogen) atoms. The van der Waals surface area contributed by atoms with Gasteiger partial charge in [-0.25, -0.2) is 4.79 Å². The van der Waals surface area contributed by atoms with Crippen LogP contribution in [0.1, 0.15) is 17.3 Å². The third-order valence-corrected chi connectivity index (χ3v) is 2.08. The summed E-state index contributed by atoms with van der Waals surface area (Å²) < 4.78 is 5.03. The molecule has 0 aliphatic heterocycles. The van der Waals surface area contributed by atoms with Crippen LogP contribution in [-0.2, 0) is 9.53 Å². The van der Waals surface area contributed by atoms with Gasteiger partial charge in [-0.3, -0.25) is 4.79 Å². The van der Waals surface area contributed by atoms with Crippen LogP contribution in [0.2, 0.25) is 0 Å². The number of carbonyl (C=O) groups excluding carboxylic acids is 2. The van der Waals surface area contributed by atoms with E-state index in [1.807, 2.05) is 6.07 Å². The zero-order valence-electron chi connectivity index (χ0n) is 9.64. The van der Waals surface area contributed by atoms with Crippen LogP contribution in [0.3, 0.4) is 0 Å². The van der Waals surface area contributed by atoms with Crippen LogP contribution in [0, 0.1) is 0 Å². The van der Waals surface area contributed by atoms with Gasteiger partial charge in [0.1, 0.15) is 0 Å². The molecule has 1 atom stereocenters. The fourth-order valence-electron chi connectivity index (χ4n) is 1.22. The van der Waals surface area contributed by atoms with E-state index in [0.717, 1.165) is 0 Å². The first-order valence-electron chi connectivity index (χ1n) is 4.99. The minimum atomic E-state index is -0.761. The molecule has 86 valence electrons. The summed E-state index contributed by atoms with van der Waals surface area (Å²) in [5.41, 5.74) is 0.445. The van der Waals surface area contributed by atoms with Crippen LogP contribution in [0.5, 0.6) is 0 Å². The molecule has 0 aromatic heterocycles. The lowest BCUT2D eigenvalue weighted by molar-refractivity contribution is -0.137. The molecule has 0 unspecified atom stereocenters. The molecule has 1 aromatic carbocycles. The quantitative estimate of drug-likeness (QED) is 0.723. The molecule has 0 radical (unpaired) electrons. The number of likely N-dealkylation sites (N-methyl/N-ethyl adjacent to an activating group) is 1. The van der Waals surface area contributed by atoms with Gasteiger partial charge in [0.25, 0.3) is 5.91 Å². The van der Waals surface area contributed by atoms with E-state index in [0.29, 0.717) is 5.56 Å². The molecule has 1 aromatic rings. The number of nitrogens with zero attached hydrogens (tertiary/aromatic N) is 1. The molecule has 0 fully saturated rings. The summed E-state index contributed by atoms with van der Waals surface area (Å²) in [7, 11) is 3.24. The number of ether oxygens (including phenoxy) is 1. The van der Waals surface area contributed by atoms with Gasteiger partial charge in [-0.15, -0.1) is 0 Å². The lowest BCUT2D eigenvalue weighted by Crippen LogP contribution is -2.34. The third kappa shape index (κ3) is 3.08. The van der Waals surface area contributed by atoms with Crippen molar-refractivity contribution in [3.63, 3.8) is 0 Å². The maximum atomic E-state index is 11.6. The summed E-state index contributed by atoms with van der Waals surface area (Å²) in [5.74, 6) is -0.715. The van der Waals surface area contributed by atoms with Gasteiger partial charge in [0.05, 0.1) is 5.56 Å². The lowest BCUT2D eigenvalue weighted by atomic mass is 10.2. The monoisotopic (exact) mass is 221 g/mol. The van der Waals surface area contributed by atoms with Gasteiger partial charge < -0.3 is 9.64 Å². The van der Waals surface area contributed by atoms with Gasteiger partial charge in [0, 0.05) is 14.1 Å². The van der Waals surface area contributed by atoms with E-state index < -0.39 is 12.1 Å². The molecule has 0 bridgehead atoms. The highest BCUT2D eigenvalue weighted by Gasteiger charge is 2.19. The minimum Gasteiger partial charge on any atom is -0.449 e. The highest BCUT2D eigenvalue weighted by atomic mass is 16.5. The van der Waals surface area contributed by atoms with Crippen molar-refractivity contribution in [2.45, 2.75) is 13.0 Å². The van der Waals surface area contributed by atoms with E-state index in [2.05, 4.69) is 0 Å². The van der Waals surface area contributed by atoms with Crippen molar-refractivity contribution in [3.05, 3.63) is 35.9 Å². The standard InChI is InChI=1S/C12H15NO3/c1-9(11(14)13(2)3)16-12(15)10-7-5-4-6-8-10/h4-9H,1-3H3/t9-/m0/s1. The second-order valence-electron chi connectivity index (χ2n) is 3.65. The SMILES string of the molecule is C[C@H](OC(=O)c1ccccc1)C(=O)N(C)C. The van der Waals surface area contributed by atoms with Gasteiger partial charge in [-0.1, -0.05) is 18.2 Å². The lowest BCUT2D eigenvalue weighted by Gasteiger charge is -2.17. The number of hydrogen-bond acceptors (Lipinski definition) is 3. The first-order chi connectivity index (χ1) is 7.52. The smallest absolute Gasteiger partial charge is 0.338 e. The van der Waals surface area contributed by atoms with Crippen molar-refractivity contribution < 1.29 is 14.3 Å². The highest BCUT2D eigenvalue weighted by Crippen LogP contribution is 2.04. The summed E-state index contributed by atoms with van der Waals surface area (Å²) in [6, 6.07) is 8.60. The molecular formula is C12H15NO3. The largest absolute Gasteiger partial charge is 0.449 e. The van der Waals surface area contributed by atoms with E-state index in [1.165, 1.54) is 4.90 Å². The Morgan fingerprint density at radius 3 is 2.25 bits per heavy atom. The predicted octanol–water partition coefficient (Wildman–Crippen LogP) is 1.32. The van der Waals surface area contributed by atoms with Gasteiger partial charge in [-0.2, -0.15) is 0 Å². The molecule has 4 heteroatoms. The Labute approximate surface area is 94.8 Å². The molecule has 1 rings (SSSR count). The summed E-state index contributed by atoms with van der Waals surface area (Å²) in [6.07, 6.45) is -0.761. The van der Waals surface area contributed by atoms with Crippen molar-refractivity contribution in [2.24, 2.45) is 0 Å². The van der Waals surface area contributed by atoms with Crippen LogP contribution in [0.15, 0.2) is 30.3 Å². The second kappa shape index (κ2) is 5.30. The zero-order valence-corrected chi connectivity index (χ0v) is 9.64. The van der Waals surface area contributed by atoms with Crippen molar-refractivity contribution in [3.8, 4) is 0 Å². The summed E-state index contributed by atoms with van der Waals surface area (Å²) in [5, 5.41) is 0. The molecule has 0 heterocycles. The normalized spacial score (nSPS) is 11.7. The van der Waals surface area contributed by atoms with Crippen molar-refractivity contribution >= 4 is 11.9 Å². The molecule has 0 saturated heterocycles. The van der Waals surface area contributed by atoms with E-state index >= 15 is 0 Å². The van der Waals surface area contributed by atoms with Crippen LogP contribution in [-0.4, -0.2) is 37.0 Å². The predicted molar refractivity (Wildman–Crippen MR) is 60.0 cm³/mol. The number of rotatable bonds is 3. The topological polar surface area (TPSA) is 46.6 Å². The molecule has 0 saturated carbocycles. The molecule has 1 amide bonds. The Morgan fingerprint density at radius 2 is 1.75 bits per heavy atom. The number of amides is 1. The number of carbonyl (C=O) groups is 2. The summed E-state index contributed by atoms with van der Waals surface area (Å²) in [4.78, 5) is 24.4. The van der Waals surface area contributed by atoms with Gasteiger partial charge in [0.15, 0.2) is 6.10 Å². The second-order valence-corrected chi connectivity index (χ2v) is 3.65. The van der Waals surface area contributed by atoms with E-state index in [4.69, 9.17) is 4.74 Å². The summed E-state index contributed by atoms with van der Waals surface area (Å²) >= 11 is 0. The van der Waals surface area contributed by atoms with Crippen LogP contribution in [0.4, 0.5) is 0 Å². The van der Waals surface area contributed by atoms with E-state index in [-0.39, 0.29) is 5.91 Å². The van der Waals surface area contributed by atoms with Crippen molar-refractivity contribution in [2.75, 3.05) is 14.1 Å². The molecule has 0 aliphatic carbocycles.